The summed E-state index contributed by atoms with van der Waals surface area (Å²) in [6.45, 7) is 4.41. The molecule has 0 saturated carbocycles. The van der Waals surface area contributed by atoms with Crippen molar-refractivity contribution in [2.45, 2.75) is 20.3 Å². The van der Waals surface area contributed by atoms with Gasteiger partial charge in [0.05, 0.1) is 0 Å². The summed E-state index contributed by atoms with van der Waals surface area (Å²) in [6, 6.07) is 6.11. The summed E-state index contributed by atoms with van der Waals surface area (Å²) in [4.78, 5) is 4.12. The summed E-state index contributed by atoms with van der Waals surface area (Å²) < 4.78 is 5.34. The Balaban J connectivity index is 2.48. The van der Waals surface area contributed by atoms with Crippen LogP contribution in [0.4, 0.5) is 0 Å². The van der Waals surface area contributed by atoms with Crippen LogP contribution in [0, 0.1) is 5.92 Å². The van der Waals surface area contributed by atoms with Gasteiger partial charge in [-0.05, 0) is 24.0 Å². The van der Waals surface area contributed by atoms with Crippen molar-refractivity contribution in [2.24, 2.45) is 5.92 Å². The Morgan fingerprint density at radius 1 is 1.38 bits per heavy atom. The van der Waals surface area contributed by atoms with Gasteiger partial charge in [0.2, 0.25) is 0 Å². The second kappa shape index (κ2) is 3.21. The van der Waals surface area contributed by atoms with Crippen LogP contribution in [0.3, 0.4) is 0 Å². The van der Waals surface area contributed by atoms with Gasteiger partial charge in [-0.2, -0.15) is 0 Å². The predicted molar refractivity (Wildman–Crippen MR) is 52.6 cm³/mol. The maximum atomic E-state index is 5.34. The van der Waals surface area contributed by atoms with Crippen LogP contribution in [0.25, 0.3) is 11.1 Å². The molecule has 2 aromatic rings. The first-order chi connectivity index (χ1) is 6.27. The third kappa shape index (κ3) is 1.57. The minimum Gasteiger partial charge on any atom is -0.443 e. The number of fused-ring (bicyclic) bond motifs is 1. The largest absolute Gasteiger partial charge is 0.443 e. The molecule has 2 rings (SSSR count). The second-order valence-corrected chi connectivity index (χ2v) is 3.72. The minimum absolute atomic E-state index is 0.649. The third-order valence-corrected chi connectivity index (χ3v) is 2.07. The normalized spacial score (nSPS) is 11.3. The fourth-order valence-corrected chi connectivity index (χ4v) is 1.55. The van der Waals surface area contributed by atoms with Crippen LogP contribution in [0.1, 0.15) is 19.4 Å². The van der Waals surface area contributed by atoms with Gasteiger partial charge in [-0.1, -0.05) is 26.0 Å². The van der Waals surface area contributed by atoms with Gasteiger partial charge in [-0.15, -0.1) is 0 Å². The standard InChI is InChI=1S/C11H13NO/c1-8(2)6-9-4-3-5-10-11(9)13-7-12-10/h3-5,7-8H,6H2,1-2H3. The van der Waals surface area contributed by atoms with E-state index < -0.39 is 0 Å². The topological polar surface area (TPSA) is 26.0 Å². The number of oxazole rings is 1. The Hall–Kier alpha value is -1.31. The lowest BCUT2D eigenvalue weighted by Gasteiger charge is -2.03. The monoisotopic (exact) mass is 175 g/mol. The van der Waals surface area contributed by atoms with Crippen LogP contribution < -0.4 is 0 Å². The molecule has 0 aliphatic carbocycles. The SMILES string of the molecule is CC(C)Cc1cccc2ncoc12. The number of hydrogen-bond acceptors (Lipinski definition) is 2. The first kappa shape index (κ1) is 8.30. The zero-order chi connectivity index (χ0) is 9.26. The van der Waals surface area contributed by atoms with Crippen molar-refractivity contribution >= 4 is 11.1 Å². The van der Waals surface area contributed by atoms with E-state index in [1.165, 1.54) is 12.0 Å². The highest BCUT2D eigenvalue weighted by atomic mass is 16.3. The maximum Gasteiger partial charge on any atom is 0.181 e. The number of para-hydroxylation sites is 1. The Kier molecular flexibility index (Phi) is 2.05. The molecular weight excluding hydrogens is 162 g/mol. The minimum atomic E-state index is 0.649. The molecule has 1 aromatic heterocycles. The molecular formula is C11H13NO. The van der Waals surface area contributed by atoms with Crippen molar-refractivity contribution in [1.29, 1.82) is 0 Å². The van der Waals surface area contributed by atoms with E-state index >= 15 is 0 Å². The van der Waals surface area contributed by atoms with Gasteiger partial charge in [-0.25, -0.2) is 4.98 Å². The van der Waals surface area contributed by atoms with Gasteiger partial charge in [0.25, 0.3) is 0 Å². The number of benzene rings is 1. The van der Waals surface area contributed by atoms with Gasteiger partial charge < -0.3 is 4.42 Å². The van der Waals surface area contributed by atoms with Gasteiger partial charge in [0.15, 0.2) is 12.0 Å². The van der Waals surface area contributed by atoms with Crippen molar-refractivity contribution in [3.05, 3.63) is 30.2 Å². The summed E-state index contributed by atoms with van der Waals surface area (Å²) in [5.74, 6) is 0.649. The Labute approximate surface area is 77.6 Å². The highest BCUT2D eigenvalue weighted by molar-refractivity contribution is 5.75. The van der Waals surface area contributed by atoms with Crippen LogP contribution in [-0.4, -0.2) is 4.98 Å². The quantitative estimate of drug-likeness (QED) is 0.701. The van der Waals surface area contributed by atoms with Gasteiger partial charge >= 0.3 is 0 Å². The number of nitrogens with zero attached hydrogens (tertiary/aromatic N) is 1. The van der Waals surface area contributed by atoms with Crippen molar-refractivity contribution in [1.82, 2.24) is 4.98 Å². The summed E-state index contributed by atoms with van der Waals surface area (Å²) in [5.41, 5.74) is 3.15. The Bertz CT molecular complexity index is 403. The fraction of sp³-hybridized carbons (Fsp3) is 0.364. The van der Waals surface area contributed by atoms with Gasteiger partial charge in [0, 0.05) is 0 Å². The predicted octanol–water partition coefficient (Wildman–Crippen LogP) is 3.03. The number of hydrogen-bond donors (Lipinski definition) is 0. The molecule has 0 radical (unpaired) electrons. The smallest absolute Gasteiger partial charge is 0.181 e. The van der Waals surface area contributed by atoms with Crippen LogP contribution in [0.2, 0.25) is 0 Å². The first-order valence-corrected chi connectivity index (χ1v) is 4.58. The molecule has 1 aromatic carbocycles. The molecule has 0 amide bonds. The average molecular weight is 175 g/mol. The molecule has 2 heteroatoms. The third-order valence-electron chi connectivity index (χ3n) is 2.07. The van der Waals surface area contributed by atoms with E-state index in [0.717, 1.165) is 17.5 Å². The second-order valence-electron chi connectivity index (χ2n) is 3.72. The molecule has 0 saturated heterocycles. The van der Waals surface area contributed by atoms with Crippen LogP contribution in [-0.2, 0) is 6.42 Å². The van der Waals surface area contributed by atoms with Crippen molar-refractivity contribution < 1.29 is 4.42 Å². The molecule has 2 nitrogen and oxygen atoms in total. The van der Waals surface area contributed by atoms with Crippen LogP contribution in [0.15, 0.2) is 29.0 Å². The number of aromatic nitrogens is 1. The fourth-order valence-electron chi connectivity index (χ4n) is 1.55. The van der Waals surface area contributed by atoms with E-state index in [1.807, 2.05) is 12.1 Å². The van der Waals surface area contributed by atoms with E-state index in [4.69, 9.17) is 4.42 Å². The highest BCUT2D eigenvalue weighted by Crippen LogP contribution is 2.19. The van der Waals surface area contributed by atoms with Gasteiger partial charge in [0.1, 0.15) is 5.52 Å². The molecule has 0 aliphatic rings. The lowest BCUT2D eigenvalue weighted by Crippen LogP contribution is -1.93. The van der Waals surface area contributed by atoms with Crippen molar-refractivity contribution in [3.63, 3.8) is 0 Å². The lowest BCUT2D eigenvalue weighted by molar-refractivity contribution is 0.585. The van der Waals surface area contributed by atoms with E-state index in [1.54, 1.807) is 0 Å². The summed E-state index contributed by atoms with van der Waals surface area (Å²) in [6.07, 6.45) is 2.56. The summed E-state index contributed by atoms with van der Waals surface area (Å²) in [7, 11) is 0. The van der Waals surface area contributed by atoms with E-state index in [2.05, 4.69) is 24.9 Å². The van der Waals surface area contributed by atoms with Crippen LogP contribution >= 0.6 is 0 Å². The lowest BCUT2D eigenvalue weighted by atomic mass is 10.0. The molecule has 68 valence electrons. The van der Waals surface area contributed by atoms with Crippen molar-refractivity contribution in [3.8, 4) is 0 Å². The molecule has 0 unspecified atom stereocenters. The average Bonchev–Trinajstić information content (AvgIpc) is 2.51. The highest BCUT2D eigenvalue weighted by Gasteiger charge is 2.05. The molecule has 13 heavy (non-hydrogen) atoms. The Morgan fingerprint density at radius 3 is 3.00 bits per heavy atom. The van der Waals surface area contributed by atoms with Gasteiger partial charge in [-0.3, -0.25) is 0 Å². The molecule has 0 fully saturated rings. The molecule has 0 bridgehead atoms. The zero-order valence-corrected chi connectivity index (χ0v) is 7.95. The molecule has 0 spiro atoms. The molecule has 1 heterocycles. The summed E-state index contributed by atoms with van der Waals surface area (Å²) >= 11 is 0. The zero-order valence-electron chi connectivity index (χ0n) is 7.95. The number of rotatable bonds is 2. The molecule has 0 N–H and O–H groups in total. The first-order valence-electron chi connectivity index (χ1n) is 4.58. The van der Waals surface area contributed by atoms with E-state index in [-0.39, 0.29) is 0 Å². The maximum absolute atomic E-state index is 5.34. The van der Waals surface area contributed by atoms with Crippen molar-refractivity contribution in [2.75, 3.05) is 0 Å². The summed E-state index contributed by atoms with van der Waals surface area (Å²) in [5, 5.41) is 0. The van der Waals surface area contributed by atoms with E-state index in [9.17, 15) is 0 Å². The van der Waals surface area contributed by atoms with E-state index in [0.29, 0.717) is 5.92 Å². The van der Waals surface area contributed by atoms with Crippen LogP contribution in [0.5, 0.6) is 0 Å². The molecule has 0 aliphatic heterocycles. The Morgan fingerprint density at radius 2 is 2.23 bits per heavy atom. The molecule has 0 atom stereocenters.